The number of Topliss-reactive ketones (excluding diaryl/α,β-unsaturated/α-hetero) is 1. The van der Waals surface area contributed by atoms with Crippen LogP contribution >= 0.6 is 0 Å². The maximum absolute atomic E-state index is 12.6. The molecule has 1 heterocycles. The van der Waals surface area contributed by atoms with Crippen molar-refractivity contribution in [3.63, 3.8) is 0 Å². The third-order valence-electron chi connectivity index (χ3n) is 4.73. The van der Waals surface area contributed by atoms with Crippen LogP contribution in [-0.4, -0.2) is 29.8 Å². The summed E-state index contributed by atoms with van der Waals surface area (Å²) < 4.78 is 0. The molecule has 2 nitrogen and oxygen atoms in total. The van der Waals surface area contributed by atoms with Gasteiger partial charge in [-0.2, -0.15) is 0 Å². The third-order valence-corrected chi connectivity index (χ3v) is 4.73. The molecule has 1 aromatic rings. The number of aryl methyl sites for hydroxylation is 2. The summed E-state index contributed by atoms with van der Waals surface area (Å²) in [7, 11) is 0. The summed E-state index contributed by atoms with van der Waals surface area (Å²) in [6.07, 6.45) is 0. The van der Waals surface area contributed by atoms with Crippen LogP contribution in [0.3, 0.4) is 0 Å². The van der Waals surface area contributed by atoms with Gasteiger partial charge in [0, 0.05) is 18.7 Å². The molecule has 0 radical (unpaired) electrons. The second-order valence-electron chi connectivity index (χ2n) is 6.25. The molecule has 0 saturated carbocycles. The second kappa shape index (κ2) is 5.46. The lowest BCUT2D eigenvalue weighted by Crippen LogP contribution is -2.37. The lowest BCUT2D eigenvalue weighted by atomic mass is 10.00. The zero-order chi connectivity index (χ0) is 14.2. The van der Waals surface area contributed by atoms with Gasteiger partial charge in [0.05, 0.1) is 6.04 Å². The number of rotatable bonds is 3. The minimum absolute atomic E-state index is 0.00509. The van der Waals surface area contributed by atoms with Crippen LogP contribution in [0, 0.1) is 25.7 Å². The summed E-state index contributed by atoms with van der Waals surface area (Å²) in [4.78, 5) is 14.9. The SMILES string of the molecule is Cc1ccc(C(=O)C(C)N2CC(C)C(C)C2)cc1C. The first-order valence-electron chi connectivity index (χ1n) is 7.25. The van der Waals surface area contributed by atoms with Gasteiger partial charge in [-0.15, -0.1) is 0 Å². The van der Waals surface area contributed by atoms with Crippen LogP contribution in [0.4, 0.5) is 0 Å². The predicted molar refractivity (Wildman–Crippen MR) is 79.6 cm³/mol. The lowest BCUT2D eigenvalue weighted by Gasteiger charge is -2.23. The van der Waals surface area contributed by atoms with Crippen molar-refractivity contribution in [3.8, 4) is 0 Å². The van der Waals surface area contributed by atoms with Gasteiger partial charge in [0.25, 0.3) is 0 Å². The fourth-order valence-electron chi connectivity index (χ4n) is 2.79. The van der Waals surface area contributed by atoms with E-state index in [1.165, 1.54) is 11.1 Å². The Hall–Kier alpha value is -1.15. The van der Waals surface area contributed by atoms with Gasteiger partial charge in [-0.1, -0.05) is 26.0 Å². The average Bonchev–Trinajstić information content (AvgIpc) is 2.71. The maximum Gasteiger partial charge on any atom is 0.179 e. The Morgan fingerprint density at radius 2 is 1.74 bits per heavy atom. The molecule has 2 rings (SSSR count). The molecule has 0 spiro atoms. The average molecular weight is 259 g/mol. The minimum atomic E-state index is -0.00509. The van der Waals surface area contributed by atoms with E-state index in [0.717, 1.165) is 18.7 Å². The molecule has 3 atom stereocenters. The Labute approximate surface area is 116 Å². The second-order valence-corrected chi connectivity index (χ2v) is 6.25. The predicted octanol–water partition coefficient (Wildman–Crippen LogP) is 3.46. The Morgan fingerprint density at radius 1 is 1.16 bits per heavy atom. The highest BCUT2D eigenvalue weighted by Gasteiger charge is 2.32. The number of carbonyl (C=O) groups excluding carboxylic acids is 1. The first kappa shape index (κ1) is 14.3. The number of ketones is 1. The van der Waals surface area contributed by atoms with Gasteiger partial charge in [0.15, 0.2) is 5.78 Å². The van der Waals surface area contributed by atoms with Crippen molar-refractivity contribution >= 4 is 5.78 Å². The van der Waals surface area contributed by atoms with Crippen molar-refractivity contribution in [3.05, 3.63) is 34.9 Å². The smallest absolute Gasteiger partial charge is 0.179 e. The highest BCUT2D eigenvalue weighted by atomic mass is 16.1. The Balaban J connectivity index is 2.13. The monoisotopic (exact) mass is 259 g/mol. The van der Waals surface area contributed by atoms with E-state index in [4.69, 9.17) is 0 Å². The quantitative estimate of drug-likeness (QED) is 0.775. The van der Waals surface area contributed by atoms with Gasteiger partial charge in [0.1, 0.15) is 0 Å². The molecule has 2 heteroatoms. The zero-order valence-electron chi connectivity index (χ0n) is 12.7. The summed E-state index contributed by atoms with van der Waals surface area (Å²) in [5, 5.41) is 0. The molecule has 0 N–H and O–H groups in total. The molecule has 1 aliphatic rings. The molecular weight excluding hydrogens is 234 g/mol. The largest absolute Gasteiger partial charge is 0.293 e. The molecule has 0 aromatic heterocycles. The number of nitrogens with zero attached hydrogens (tertiary/aromatic N) is 1. The highest BCUT2D eigenvalue weighted by Crippen LogP contribution is 2.25. The van der Waals surface area contributed by atoms with Gasteiger partial charge in [-0.25, -0.2) is 0 Å². The van der Waals surface area contributed by atoms with Gasteiger partial charge in [-0.3, -0.25) is 9.69 Å². The standard InChI is InChI=1S/C17H25NO/c1-11-6-7-16(8-12(11)2)17(19)15(5)18-9-13(3)14(4)10-18/h6-8,13-15H,9-10H2,1-5H3. The van der Waals surface area contributed by atoms with Crippen molar-refractivity contribution < 1.29 is 4.79 Å². The van der Waals surface area contributed by atoms with Crippen molar-refractivity contribution in [2.75, 3.05) is 13.1 Å². The summed E-state index contributed by atoms with van der Waals surface area (Å²) in [6, 6.07) is 6.03. The summed E-state index contributed by atoms with van der Waals surface area (Å²) in [5.41, 5.74) is 3.29. The van der Waals surface area contributed by atoms with Crippen molar-refractivity contribution in [1.29, 1.82) is 0 Å². The van der Waals surface area contributed by atoms with Crippen LogP contribution in [0.15, 0.2) is 18.2 Å². The molecule has 0 bridgehead atoms. The molecule has 1 saturated heterocycles. The van der Waals surface area contributed by atoms with E-state index in [1.54, 1.807) is 0 Å². The van der Waals surface area contributed by atoms with E-state index >= 15 is 0 Å². The topological polar surface area (TPSA) is 20.3 Å². The van der Waals surface area contributed by atoms with Gasteiger partial charge in [0.2, 0.25) is 0 Å². The van der Waals surface area contributed by atoms with Crippen LogP contribution in [0.2, 0.25) is 0 Å². The van der Waals surface area contributed by atoms with E-state index in [9.17, 15) is 4.79 Å². The normalized spacial score (nSPS) is 25.5. The summed E-state index contributed by atoms with van der Waals surface area (Å²) in [6.45, 7) is 12.8. The summed E-state index contributed by atoms with van der Waals surface area (Å²) in [5.74, 6) is 1.63. The number of likely N-dealkylation sites (tertiary alicyclic amines) is 1. The van der Waals surface area contributed by atoms with Gasteiger partial charge >= 0.3 is 0 Å². The fourth-order valence-corrected chi connectivity index (χ4v) is 2.79. The Morgan fingerprint density at radius 3 is 2.26 bits per heavy atom. The Bertz CT molecular complexity index is 470. The van der Waals surface area contributed by atoms with Gasteiger partial charge < -0.3 is 0 Å². The van der Waals surface area contributed by atoms with E-state index in [0.29, 0.717) is 11.8 Å². The molecule has 1 aliphatic heterocycles. The van der Waals surface area contributed by atoms with Gasteiger partial charge in [-0.05, 0) is 49.8 Å². The molecule has 1 aromatic carbocycles. The van der Waals surface area contributed by atoms with Crippen LogP contribution < -0.4 is 0 Å². The fraction of sp³-hybridized carbons (Fsp3) is 0.588. The molecular formula is C17H25NO. The first-order valence-corrected chi connectivity index (χ1v) is 7.25. The molecule has 3 unspecified atom stereocenters. The van der Waals surface area contributed by atoms with Crippen LogP contribution in [0.1, 0.15) is 42.3 Å². The van der Waals surface area contributed by atoms with Crippen molar-refractivity contribution in [2.45, 2.75) is 40.7 Å². The van der Waals surface area contributed by atoms with Crippen LogP contribution in [0.25, 0.3) is 0 Å². The molecule has 0 amide bonds. The third kappa shape index (κ3) is 2.89. The van der Waals surface area contributed by atoms with Crippen LogP contribution in [0.5, 0.6) is 0 Å². The highest BCUT2D eigenvalue weighted by molar-refractivity contribution is 6.00. The van der Waals surface area contributed by atoms with E-state index in [2.05, 4.69) is 32.6 Å². The summed E-state index contributed by atoms with van der Waals surface area (Å²) >= 11 is 0. The lowest BCUT2D eigenvalue weighted by molar-refractivity contribution is 0.0861. The maximum atomic E-state index is 12.6. The number of carbonyl (C=O) groups is 1. The van der Waals surface area contributed by atoms with Crippen molar-refractivity contribution in [1.82, 2.24) is 4.90 Å². The van der Waals surface area contributed by atoms with E-state index in [-0.39, 0.29) is 11.8 Å². The van der Waals surface area contributed by atoms with E-state index < -0.39 is 0 Å². The molecule has 1 fully saturated rings. The number of benzene rings is 1. The molecule has 104 valence electrons. The molecule has 19 heavy (non-hydrogen) atoms. The van der Waals surface area contributed by atoms with Crippen molar-refractivity contribution in [2.24, 2.45) is 11.8 Å². The zero-order valence-corrected chi connectivity index (χ0v) is 12.7. The van der Waals surface area contributed by atoms with E-state index in [1.807, 2.05) is 25.1 Å². The first-order chi connectivity index (χ1) is 8.90. The number of hydrogen-bond acceptors (Lipinski definition) is 2. The Kier molecular flexibility index (Phi) is 4.10. The minimum Gasteiger partial charge on any atom is -0.293 e. The number of hydrogen-bond donors (Lipinski definition) is 0. The molecule has 0 aliphatic carbocycles. The van der Waals surface area contributed by atoms with Crippen LogP contribution in [-0.2, 0) is 0 Å².